The van der Waals surface area contributed by atoms with Crippen LogP contribution in [0.15, 0.2) is 24.3 Å². The van der Waals surface area contributed by atoms with Gasteiger partial charge < -0.3 is 15.8 Å². The summed E-state index contributed by atoms with van der Waals surface area (Å²) >= 11 is 0. The second-order valence-electron chi connectivity index (χ2n) is 6.83. The van der Waals surface area contributed by atoms with Crippen molar-refractivity contribution in [2.24, 2.45) is 11.1 Å². The Kier molecular flexibility index (Phi) is 6.31. The van der Waals surface area contributed by atoms with Gasteiger partial charge in [0.05, 0.1) is 6.04 Å². The molecule has 5 heteroatoms. The molecule has 128 valence electrons. The fourth-order valence-electron chi connectivity index (χ4n) is 3.79. The van der Waals surface area contributed by atoms with Gasteiger partial charge >= 0.3 is 0 Å². The largest absolute Gasteiger partial charge is 0.491 e. The van der Waals surface area contributed by atoms with E-state index in [1.54, 1.807) is 0 Å². The van der Waals surface area contributed by atoms with E-state index in [-0.39, 0.29) is 29.8 Å². The Morgan fingerprint density at radius 1 is 1.26 bits per heavy atom. The molecule has 23 heavy (non-hydrogen) atoms. The van der Waals surface area contributed by atoms with Gasteiger partial charge in [-0.15, -0.1) is 12.4 Å². The molecule has 3 N–H and O–H groups in total. The smallest absolute Gasteiger partial charge is 0.220 e. The predicted molar refractivity (Wildman–Crippen MR) is 94.0 cm³/mol. The van der Waals surface area contributed by atoms with Crippen LogP contribution >= 0.6 is 12.4 Å². The van der Waals surface area contributed by atoms with E-state index < -0.39 is 0 Å². The zero-order valence-electron chi connectivity index (χ0n) is 13.6. The van der Waals surface area contributed by atoms with Gasteiger partial charge in [-0.1, -0.05) is 37.5 Å². The molecule has 0 bridgehead atoms. The van der Waals surface area contributed by atoms with Crippen LogP contribution in [-0.2, 0) is 11.2 Å². The van der Waals surface area contributed by atoms with Crippen LogP contribution in [-0.4, -0.2) is 25.1 Å². The van der Waals surface area contributed by atoms with Crippen molar-refractivity contribution in [2.75, 3.05) is 13.2 Å². The Morgan fingerprint density at radius 3 is 2.74 bits per heavy atom. The fourth-order valence-corrected chi connectivity index (χ4v) is 3.79. The molecule has 3 rings (SSSR count). The number of hydrogen-bond donors (Lipinski definition) is 2. The van der Waals surface area contributed by atoms with Crippen LogP contribution in [0.5, 0.6) is 5.75 Å². The molecule has 0 aromatic heterocycles. The summed E-state index contributed by atoms with van der Waals surface area (Å²) in [5.41, 5.74) is 7.17. The van der Waals surface area contributed by atoms with Crippen molar-refractivity contribution in [1.29, 1.82) is 0 Å². The molecule has 1 saturated carbocycles. The van der Waals surface area contributed by atoms with Crippen LogP contribution in [0, 0.1) is 5.41 Å². The Labute approximate surface area is 144 Å². The number of nitrogens with one attached hydrogen (secondary N) is 1. The number of carbonyl (C=O) groups is 1. The molecule has 0 saturated heterocycles. The van der Waals surface area contributed by atoms with Gasteiger partial charge in [-0.2, -0.15) is 0 Å². The van der Waals surface area contributed by atoms with Crippen LogP contribution in [0.1, 0.15) is 44.1 Å². The Balaban J connectivity index is 0.00000192. The highest BCUT2D eigenvalue weighted by Gasteiger charge is 2.33. The Hall–Kier alpha value is -1.26. The number of carbonyl (C=O) groups excluding carboxylic acids is 1. The molecule has 0 radical (unpaired) electrons. The molecular weight excluding hydrogens is 312 g/mol. The lowest BCUT2D eigenvalue weighted by atomic mass is 9.71. The van der Waals surface area contributed by atoms with Crippen LogP contribution in [0.2, 0.25) is 0 Å². The first-order valence-corrected chi connectivity index (χ1v) is 8.41. The van der Waals surface area contributed by atoms with Gasteiger partial charge in [0.25, 0.3) is 0 Å². The normalized spacial score (nSPS) is 22.2. The van der Waals surface area contributed by atoms with Crippen molar-refractivity contribution in [3.05, 3.63) is 29.8 Å². The van der Waals surface area contributed by atoms with E-state index >= 15 is 0 Å². The monoisotopic (exact) mass is 338 g/mol. The molecule has 2 aliphatic rings. The summed E-state index contributed by atoms with van der Waals surface area (Å²) in [6, 6.07) is 8.11. The van der Waals surface area contributed by atoms with Gasteiger partial charge in [-0.3, -0.25) is 4.79 Å². The molecule has 1 unspecified atom stereocenters. The van der Waals surface area contributed by atoms with Crippen molar-refractivity contribution < 1.29 is 9.53 Å². The molecule has 4 nitrogen and oxygen atoms in total. The minimum Gasteiger partial charge on any atom is -0.491 e. The summed E-state index contributed by atoms with van der Waals surface area (Å²) in [4.78, 5) is 12.4. The molecule has 1 aromatic carbocycles. The highest BCUT2D eigenvalue weighted by atomic mass is 35.5. The molecule has 1 heterocycles. The third-order valence-corrected chi connectivity index (χ3v) is 5.13. The van der Waals surface area contributed by atoms with E-state index in [0.717, 1.165) is 25.0 Å². The van der Waals surface area contributed by atoms with Gasteiger partial charge in [0, 0.05) is 6.42 Å². The molecule has 1 atom stereocenters. The first-order chi connectivity index (χ1) is 10.7. The number of nitrogens with two attached hydrogens (primary N) is 1. The van der Waals surface area contributed by atoms with E-state index in [4.69, 9.17) is 10.5 Å². The van der Waals surface area contributed by atoms with Crippen molar-refractivity contribution >= 4 is 18.3 Å². The lowest BCUT2D eigenvalue weighted by molar-refractivity contribution is -0.124. The quantitative estimate of drug-likeness (QED) is 0.887. The van der Waals surface area contributed by atoms with Gasteiger partial charge in [-0.25, -0.2) is 0 Å². The number of ether oxygens (including phenoxy) is 1. The first kappa shape index (κ1) is 18.1. The number of amides is 1. The second kappa shape index (κ2) is 8.02. The van der Waals surface area contributed by atoms with E-state index in [0.29, 0.717) is 19.6 Å². The lowest BCUT2D eigenvalue weighted by Crippen LogP contribution is -2.46. The van der Waals surface area contributed by atoms with Crippen molar-refractivity contribution in [3.8, 4) is 5.75 Å². The summed E-state index contributed by atoms with van der Waals surface area (Å²) in [5.74, 6) is 1.07. The molecule has 0 spiro atoms. The number of rotatable bonds is 4. The Bertz CT molecular complexity index is 530. The van der Waals surface area contributed by atoms with E-state index in [2.05, 4.69) is 11.4 Å². The number of hydrogen-bond acceptors (Lipinski definition) is 3. The maximum Gasteiger partial charge on any atom is 0.220 e. The van der Waals surface area contributed by atoms with Gasteiger partial charge in [0.2, 0.25) is 5.91 Å². The van der Waals surface area contributed by atoms with Crippen molar-refractivity contribution in [3.63, 3.8) is 0 Å². The van der Waals surface area contributed by atoms with Crippen LogP contribution in [0.3, 0.4) is 0 Å². The number of para-hydroxylation sites is 1. The Morgan fingerprint density at radius 2 is 2.00 bits per heavy atom. The maximum absolute atomic E-state index is 12.4. The third-order valence-electron chi connectivity index (χ3n) is 5.13. The van der Waals surface area contributed by atoms with Crippen molar-refractivity contribution in [1.82, 2.24) is 5.32 Å². The van der Waals surface area contributed by atoms with Gasteiger partial charge in [0.15, 0.2) is 0 Å². The third kappa shape index (κ3) is 4.39. The molecule has 1 aliphatic carbocycles. The van der Waals surface area contributed by atoms with E-state index in [9.17, 15) is 4.79 Å². The van der Waals surface area contributed by atoms with Gasteiger partial charge in [0.1, 0.15) is 12.4 Å². The van der Waals surface area contributed by atoms with Crippen LogP contribution in [0.25, 0.3) is 0 Å². The summed E-state index contributed by atoms with van der Waals surface area (Å²) in [6.07, 6.45) is 7.24. The summed E-state index contributed by atoms with van der Waals surface area (Å²) in [7, 11) is 0. The zero-order valence-corrected chi connectivity index (χ0v) is 14.4. The van der Waals surface area contributed by atoms with Crippen molar-refractivity contribution in [2.45, 2.75) is 51.0 Å². The predicted octanol–water partition coefficient (Wildman–Crippen LogP) is 2.83. The number of fused-ring (bicyclic) bond motifs is 1. The summed E-state index contributed by atoms with van der Waals surface area (Å²) in [5, 5.41) is 3.15. The molecule has 1 aromatic rings. The van der Waals surface area contributed by atoms with Crippen LogP contribution < -0.4 is 15.8 Å². The molecular formula is C18H27ClN2O2. The second-order valence-corrected chi connectivity index (χ2v) is 6.83. The highest BCUT2D eigenvalue weighted by molar-refractivity contribution is 5.85. The van der Waals surface area contributed by atoms with Crippen LogP contribution in [0.4, 0.5) is 0 Å². The minimum atomic E-state index is 0. The summed E-state index contributed by atoms with van der Waals surface area (Å²) in [6.45, 7) is 1.17. The topological polar surface area (TPSA) is 64.4 Å². The van der Waals surface area contributed by atoms with E-state index in [1.807, 2.05) is 18.2 Å². The van der Waals surface area contributed by atoms with E-state index in [1.165, 1.54) is 24.8 Å². The molecule has 1 fully saturated rings. The number of halogens is 1. The molecule has 1 amide bonds. The average Bonchev–Trinajstić information content (AvgIpc) is 2.55. The average molecular weight is 339 g/mol. The zero-order chi connectivity index (χ0) is 15.4. The minimum absolute atomic E-state index is 0. The lowest BCUT2D eigenvalue weighted by Gasteiger charge is -2.36. The molecule has 1 aliphatic heterocycles. The first-order valence-electron chi connectivity index (χ1n) is 8.41. The fraction of sp³-hybridized carbons (Fsp3) is 0.611. The highest BCUT2D eigenvalue weighted by Crippen LogP contribution is 2.38. The standard InChI is InChI=1S/C18H26N2O2.ClH/c19-13-18(8-4-1-5-9-18)11-17(21)20-15-10-14-6-2-3-7-16(14)22-12-15;/h2-3,6-7,15H,1,4-5,8-13,19H2,(H,20,21);1H. The summed E-state index contributed by atoms with van der Waals surface area (Å²) < 4.78 is 5.74. The maximum atomic E-state index is 12.4. The SMILES string of the molecule is Cl.NCC1(CC(=O)NC2COc3ccccc3C2)CCCCC1. The van der Waals surface area contributed by atoms with Gasteiger partial charge in [-0.05, 0) is 42.9 Å². The number of benzene rings is 1.